The molecule has 9 heteroatoms. The fourth-order valence-electron chi connectivity index (χ4n) is 3.46. The first-order chi connectivity index (χ1) is 15.9. The van der Waals surface area contributed by atoms with Crippen molar-refractivity contribution in [2.75, 3.05) is 5.75 Å². The van der Waals surface area contributed by atoms with Crippen LogP contribution in [0.25, 0.3) is 0 Å². The number of hydrogen-bond acceptors (Lipinski definition) is 5. The number of rotatable bonds is 6. The number of hydrogen-bond donors (Lipinski definition) is 2. The van der Waals surface area contributed by atoms with Crippen molar-refractivity contribution in [2.24, 2.45) is 5.92 Å². The molecule has 2 heterocycles. The first kappa shape index (κ1) is 26.2. The maximum atomic E-state index is 13.5. The second-order valence-electron chi connectivity index (χ2n) is 9.86. The lowest BCUT2D eigenvalue weighted by atomic mass is 10.0. The molecule has 34 heavy (non-hydrogen) atoms. The number of pyridine rings is 1. The fourth-order valence-corrected chi connectivity index (χ4v) is 4.86. The van der Waals surface area contributed by atoms with E-state index in [9.17, 15) is 14.4 Å². The van der Waals surface area contributed by atoms with Crippen molar-refractivity contribution in [3.63, 3.8) is 0 Å². The summed E-state index contributed by atoms with van der Waals surface area (Å²) in [6.07, 6.45) is 1.01. The van der Waals surface area contributed by atoms with Crippen molar-refractivity contribution in [1.82, 2.24) is 15.2 Å². The molecule has 1 aromatic carbocycles. The van der Waals surface area contributed by atoms with Gasteiger partial charge in [-0.05, 0) is 51.3 Å². The molecule has 0 aliphatic carbocycles. The third-order valence-electron chi connectivity index (χ3n) is 5.57. The lowest BCUT2D eigenvalue weighted by molar-refractivity contribution is 0.0508. The van der Waals surface area contributed by atoms with E-state index in [0.717, 1.165) is 5.56 Å². The summed E-state index contributed by atoms with van der Waals surface area (Å²) in [5.41, 5.74) is 0.798. The zero-order chi connectivity index (χ0) is 25.2. The molecular weight excluding hydrogens is 474 g/mol. The molecule has 184 valence electrons. The van der Waals surface area contributed by atoms with E-state index >= 15 is 0 Å². The number of halogens is 1. The van der Waals surface area contributed by atoms with E-state index in [-0.39, 0.29) is 30.0 Å². The number of ether oxygens (including phenoxy) is 1. The van der Waals surface area contributed by atoms with E-state index in [1.54, 1.807) is 39.1 Å². The van der Waals surface area contributed by atoms with Crippen LogP contribution in [0, 0.1) is 5.92 Å². The number of carbonyl (C=O) groups is 2. The van der Waals surface area contributed by atoms with E-state index in [4.69, 9.17) is 16.3 Å². The van der Waals surface area contributed by atoms with Gasteiger partial charge in [-0.3, -0.25) is 9.59 Å². The fraction of sp³-hybridized carbons (Fsp3) is 0.480. The third-order valence-corrected chi connectivity index (χ3v) is 7.05. The maximum absolute atomic E-state index is 13.5. The Morgan fingerprint density at radius 2 is 1.85 bits per heavy atom. The molecule has 0 spiro atoms. The van der Waals surface area contributed by atoms with Crippen molar-refractivity contribution in [1.29, 1.82) is 0 Å². The number of nitrogens with one attached hydrogen (secondary N) is 2. The Hall–Kier alpha value is -2.45. The summed E-state index contributed by atoms with van der Waals surface area (Å²) in [6.45, 7) is 11.6. The summed E-state index contributed by atoms with van der Waals surface area (Å²) < 4.78 is 6.91. The minimum atomic E-state index is -0.665. The van der Waals surface area contributed by atoms with Gasteiger partial charge in [0.1, 0.15) is 5.60 Å². The molecule has 7 nitrogen and oxygen atoms in total. The van der Waals surface area contributed by atoms with Crippen LogP contribution in [0.5, 0.6) is 0 Å². The van der Waals surface area contributed by atoms with Crippen molar-refractivity contribution in [3.05, 3.63) is 62.5 Å². The van der Waals surface area contributed by atoms with Crippen LogP contribution in [-0.2, 0) is 11.3 Å². The molecular formula is C25H32ClN3O4S. The molecule has 0 radical (unpaired) electrons. The standard InChI is InChI=1S/C25H32ClN3O4S/c1-14(2)15(3)27-22(30)18-12-29(11-16-7-9-17(26)10-8-16)23(31)20-19(13-34-21(18)20)28-24(32)33-25(4,5)6/h7-10,12,14-15,19H,11,13H2,1-6H3,(H,27,30)(H,28,32)/t15?,19-/m0/s1. The van der Waals surface area contributed by atoms with Crippen LogP contribution in [0.3, 0.4) is 0 Å². The number of alkyl carbamates (subject to hydrolysis) is 1. The Labute approximate surface area is 209 Å². The number of nitrogens with zero attached hydrogens (tertiary/aromatic N) is 1. The molecule has 0 saturated heterocycles. The zero-order valence-corrected chi connectivity index (χ0v) is 22.0. The summed E-state index contributed by atoms with van der Waals surface area (Å²) in [4.78, 5) is 39.8. The molecule has 1 aromatic heterocycles. The average molecular weight is 506 g/mol. The number of carbonyl (C=O) groups excluding carboxylic acids is 2. The second kappa shape index (κ2) is 10.4. The molecule has 1 unspecified atom stereocenters. The monoisotopic (exact) mass is 505 g/mol. The molecule has 2 atom stereocenters. The van der Waals surface area contributed by atoms with Gasteiger partial charge in [-0.15, -0.1) is 11.8 Å². The van der Waals surface area contributed by atoms with Gasteiger partial charge in [-0.2, -0.15) is 0 Å². The van der Waals surface area contributed by atoms with Gasteiger partial charge in [0.25, 0.3) is 11.5 Å². The van der Waals surface area contributed by atoms with Gasteiger partial charge in [-0.25, -0.2) is 4.79 Å². The molecule has 0 fully saturated rings. The summed E-state index contributed by atoms with van der Waals surface area (Å²) in [6, 6.07) is 6.60. The first-order valence-electron chi connectivity index (χ1n) is 11.3. The Morgan fingerprint density at radius 3 is 2.44 bits per heavy atom. The summed E-state index contributed by atoms with van der Waals surface area (Å²) in [7, 11) is 0. The quantitative estimate of drug-likeness (QED) is 0.577. The Bertz CT molecular complexity index is 1120. The molecule has 0 bridgehead atoms. The Morgan fingerprint density at radius 1 is 1.21 bits per heavy atom. The van der Waals surface area contributed by atoms with Crippen LogP contribution in [0.4, 0.5) is 4.79 Å². The van der Waals surface area contributed by atoms with Crippen LogP contribution in [0.1, 0.15) is 69.1 Å². The lowest BCUT2D eigenvalue weighted by Crippen LogP contribution is -2.39. The van der Waals surface area contributed by atoms with Crippen LogP contribution < -0.4 is 16.2 Å². The van der Waals surface area contributed by atoms with Crippen molar-refractivity contribution in [3.8, 4) is 0 Å². The highest BCUT2D eigenvalue weighted by molar-refractivity contribution is 7.99. The van der Waals surface area contributed by atoms with Gasteiger partial charge in [0.05, 0.1) is 23.7 Å². The van der Waals surface area contributed by atoms with E-state index in [0.29, 0.717) is 26.8 Å². The molecule has 2 amide bonds. The Balaban J connectivity index is 2.02. The highest BCUT2D eigenvalue weighted by atomic mass is 35.5. The van der Waals surface area contributed by atoms with Crippen LogP contribution in [0.15, 0.2) is 40.2 Å². The Kier molecular flexibility index (Phi) is 8.03. The maximum Gasteiger partial charge on any atom is 0.408 e. The van der Waals surface area contributed by atoms with Gasteiger partial charge in [0, 0.05) is 27.9 Å². The van der Waals surface area contributed by atoms with Crippen LogP contribution >= 0.6 is 23.4 Å². The highest BCUT2D eigenvalue weighted by Gasteiger charge is 2.34. The summed E-state index contributed by atoms with van der Waals surface area (Å²) in [5, 5.41) is 6.45. The highest BCUT2D eigenvalue weighted by Crippen LogP contribution is 2.38. The zero-order valence-electron chi connectivity index (χ0n) is 20.4. The van der Waals surface area contributed by atoms with Gasteiger partial charge in [0.15, 0.2) is 0 Å². The molecule has 2 aromatic rings. The lowest BCUT2D eigenvalue weighted by Gasteiger charge is -2.22. The molecule has 2 N–H and O–H groups in total. The van der Waals surface area contributed by atoms with Crippen LogP contribution in [-0.4, -0.2) is 34.0 Å². The topological polar surface area (TPSA) is 89.4 Å². The van der Waals surface area contributed by atoms with E-state index in [1.807, 2.05) is 32.9 Å². The minimum Gasteiger partial charge on any atom is -0.444 e. The van der Waals surface area contributed by atoms with E-state index in [2.05, 4.69) is 10.6 Å². The third kappa shape index (κ3) is 6.36. The SMILES string of the molecule is CC(C)C(C)NC(=O)c1cn(Cc2ccc(Cl)cc2)c(=O)c2c1SC[C@@H]2NC(=O)OC(C)(C)C. The minimum absolute atomic E-state index is 0.0399. The largest absolute Gasteiger partial charge is 0.444 e. The number of thioether (sulfide) groups is 1. The van der Waals surface area contributed by atoms with Crippen molar-refractivity contribution < 1.29 is 14.3 Å². The summed E-state index contributed by atoms with van der Waals surface area (Å²) >= 11 is 7.40. The predicted octanol–water partition coefficient (Wildman–Crippen LogP) is 5.00. The van der Waals surface area contributed by atoms with E-state index < -0.39 is 17.7 Å². The van der Waals surface area contributed by atoms with E-state index in [1.165, 1.54) is 16.3 Å². The van der Waals surface area contributed by atoms with Gasteiger partial charge in [-0.1, -0.05) is 37.6 Å². The number of aromatic nitrogens is 1. The normalized spacial score (nSPS) is 16.2. The van der Waals surface area contributed by atoms with Crippen LogP contribution in [0.2, 0.25) is 5.02 Å². The molecule has 1 aliphatic heterocycles. The van der Waals surface area contributed by atoms with Gasteiger partial charge in [0.2, 0.25) is 0 Å². The molecule has 3 rings (SSSR count). The van der Waals surface area contributed by atoms with Crippen molar-refractivity contribution in [2.45, 2.75) is 70.7 Å². The number of fused-ring (bicyclic) bond motifs is 1. The first-order valence-corrected chi connectivity index (χ1v) is 12.7. The van der Waals surface area contributed by atoms with Gasteiger partial charge < -0.3 is 19.9 Å². The average Bonchev–Trinajstić information content (AvgIpc) is 3.13. The number of benzene rings is 1. The molecule has 0 saturated carbocycles. The van der Waals surface area contributed by atoms with Crippen molar-refractivity contribution >= 4 is 35.4 Å². The van der Waals surface area contributed by atoms with Gasteiger partial charge >= 0.3 is 6.09 Å². The number of amides is 2. The smallest absolute Gasteiger partial charge is 0.408 e. The second-order valence-corrected chi connectivity index (χ2v) is 11.3. The summed E-state index contributed by atoms with van der Waals surface area (Å²) in [5.74, 6) is 0.452. The predicted molar refractivity (Wildman–Crippen MR) is 136 cm³/mol. The molecule has 1 aliphatic rings.